The van der Waals surface area contributed by atoms with Crippen LogP contribution in [0.15, 0.2) is 88.5 Å². The largest absolute Gasteiger partial charge is 0.336 e. The van der Waals surface area contributed by atoms with Crippen molar-refractivity contribution < 1.29 is 0 Å². The summed E-state index contributed by atoms with van der Waals surface area (Å²) in [5.41, 5.74) is 1.42. The highest BCUT2D eigenvalue weighted by atomic mass is 35.5. The zero-order valence-electron chi connectivity index (χ0n) is 13.8. The maximum Gasteiger partial charge on any atom is 0.336 e. The molecule has 128 valence electrons. The molecule has 0 aliphatic rings. The lowest BCUT2D eigenvalue weighted by Gasteiger charge is -2.14. The molecule has 0 atom stereocenters. The van der Waals surface area contributed by atoms with Gasteiger partial charge in [-0.15, -0.1) is 0 Å². The van der Waals surface area contributed by atoms with Crippen molar-refractivity contribution >= 4 is 22.5 Å². The summed E-state index contributed by atoms with van der Waals surface area (Å²) in [5.74, 6) is 0. The van der Waals surface area contributed by atoms with Crippen molar-refractivity contribution in [1.29, 1.82) is 0 Å². The molecular weight excluding hydrogens is 348 g/mol. The fourth-order valence-electron chi connectivity index (χ4n) is 3.05. The first-order chi connectivity index (χ1) is 12.6. The van der Waals surface area contributed by atoms with Crippen LogP contribution in [0.5, 0.6) is 0 Å². The first kappa shape index (κ1) is 16.4. The van der Waals surface area contributed by atoms with Crippen molar-refractivity contribution in [2.45, 2.75) is 6.54 Å². The van der Waals surface area contributed by atoms with Gasteiger partial charge in [-0.3, -0.25) is 9.36 Å². The van der Waals surface area contributed by atoms with Crippen molar-refractivity contribution in [3.8, 4) is 5.69 Å². The lowest BCUT2D eigenvalue weighted by Crippen LogP contribution is -2.39. The molecule has 0 unspecified atom stereocenters. The zero-order valence-corrected chi connectivity index (χ0v) is 14.6. The van der Waals surface area contributed by atoms with Crippen molar-refractivity contribution in [3.63, 3.8) is 0 Å². The minimum Gasteiger partial charge on any atom is -0.288 e. The summed E-state index contributed by atoms with van der Waals surface area (Å²) in [6, 6.07) is 23.5. The van der Waals surface area contributed by atoms with Gasteiger partial charge in [-0.2, -0.15) is 0 Å². The summed E-state index contributed by atoms with van der Waals surface area (Å²) < 4.78 is 2.84. The van der Waals surface area contributed by atoms with E-state index < -0.39 is 0 Å². The molecular formula is C21H15ClN2O2. The number of para-hydroxylation sites is 2. The Hall–Kier alpha value is -3.11. The van der Waals surface area contributed by atoms with Gasteiger partial charge in [-0.25, -0.2) is 9.36 Å². The molecule has 0 radical (unpaired) electrons. The van der Waals surface area contributed by atoms with Crippen LogP contribution < -0.4 is 11.2 Å². The Morgan fingerprint density at radius 2 is 1.42 bits per heavy atom. The van der Waals surface area contributed by atoms with Crippen LogP contribution in [0.25, 0.3) is 16.6 Å². The lowest BCUT2D eigenvalue weighted by molar-refractivity contribution is 0.714. The molecule has 1 aromatic heterocycles. The predicted molar refractivity (Wildman–Crippen MR) is 104 cm³/mol. The first-order valence-electron chi connectivity index (χ1n) is 8.19. The summed E-state index contributed by atoms with van der Waals surface area (Å²) in [5, 5.41) is 1.14. The third-order valence-electron chi connectivity index (χ3n) is 4.32. The Balaban J connectivity index is 2.01. The molecule has 4 rings (SSSR count). The van der Waals surface area contributed by atoms with Gasteiger partial charge in [0.2, 0.25) is 0 Å². The minimum atomic E-state index is -0.366. The van der Waals surface area contributed by atoms with Crippen LogP contribution >= 0.6 is 11.6 Å². The Morgan fingerprint density at radius 3 is 2.15 bits per heavy atom. The second-order valence-corrected chi connectivity index (χ2v) is 6.42. The summed E-state index contributed by atoms with van der Waals surface area (Å²) >= 11 is 5.95. The average Bonchev–Trinajstić information content (AvgIpc) is 2.68. The number of halogens is 1. The molecule has 0 aliphatic heterocycles. The first-order valence-corrected chi connectivity index (χ1v) is 8.57. The van der Waals surface area contributed by atoms with Crippen LogP contribution in [-0.4, -0.2) is 9.13 Å². The highest BCUT2D eigenvalue weighted by Crippen LogP contribution is 2.14. The maximum atomic E-state index is 13.2. The van der Waals surface area contributed by atoms with Crippen molar-refractivity contribution in [2.24, 2.45) is 0 Å². The van der Waals surface area contributed by atoms with Crippen LogP contribution in [0.4, 0.5) is 0 Å². The zero-order chi connectivity index (χ0) is 18.1. The third-order valence-corrected chi connectivity index (χ3v) is 4.57. The lowest BCUT2D eigenvalue weighted by atomic mass is 10.2. The van der Waals surface area contributed by atoms with Crippen LogP contribution in [-0.2, 0) is 6.54 Å². The van der Waals surface area contributed by atoms with Crippen molar-refractivity contribution in [3.05, 3.63) is 110 Å². The van der Waals surface area contributed by atoms with E-state index in [-0.39, 0.29) is 11.2 Å². The van der Waals surface area contributed by atoms with Gasteiger partial charge >= 0.3 is 5.69 Å². The van der Waals surface area contributed by atoms with E-state index in [1.165, 1.54) is 4.57 Å². The van der Waals surface area contributed by atoms with Gasteiger partial charge in [0.05, 0.1) is 23.1 Å². The molecule has 26 heavy (non-hydrogen) atoms. The van der Waals surface area contributed by atoms with Gasteiger partial charge in [0.15, 0.2) is 0 Å². The van der Waals surface area contributed by atoms with Gasteiger partial charge in [0, 0.05) is 5.02 Å². The molecule has 0 amide bonds. The second kappa shape index (κ2) is 6.65. The smallest absolute Gasteiger partial charge is 0.288 e. The molecule has 5 heteroatoms. The Bertz CT molecular complexity index is 1190. The summed E-state index contributed by atoms with van der Waals surface area (Å²) in [7, 11) is 0. The second-order valence-electron chi connectivity index (χ2n) is 5.99. The SMILES string of the molecule is O=c1c2ccccc2n(Cc2ccc(Cl)cc2)c(=O)n1-c1ccccc1. The molecule has 3 aromatic carbocycles. The van der Waals surface area contributed by atoms with E-state index in [0.29, 0.717) is 28.2 Å². The molecule has 4 aromatic rings. The molecule has 0 N–H and O–H groups in total. The van der Waals surface area contributed by atoms with E-state index in [9.17, 15) is 9.59 Å². The summed E-state index contributed by atoms with van der Waals surface area (Å²) in [6.45, 7) is 0.351. The standard InChI is InChI=1S/C21H15ClN2O2/c22-16-12-10-15(11-13-16)14-23-19-9-5-4-8-18(19)20(25)24(21(23)26)17-6-2-1-3-7-17/h1-13H,14H2. The predicted octanol–water partition coefficient (Wildman–Crippen LogP) is 3.85. The van der Waals surface area contributed by atoms with E-state index in [0.717, 1.165) is 5.56 Å². The number of hydrogen-bond acceptors (Lipinski definition) is 2. The normalized spacial score (nSPS) is 11.0. The quantitative estimate of drug-likeness (QED) is 0.555. The maximum absolute atomic E-state index is 13.2. The van der Waals surface area contributed by atoms with Crippen LogP contribution in [0.2, 0.25) is 5.02 Å². The van der Waals surface area contributed by atoms with E-state index in [1.54, 1.807) is 59.2 Å². The van der Waals surface area contributed by atoms with Crippen LogP contribution in [0.3, 0.4) is 0 Å². The summed E-state index contributed by atoms with van der Waals surface area (Å²) in [4.78, 5) is 26.1. The molecule has 4 nitrogen and oxygen atoms in total. The van der Waals surface area contributed by atoms with Gasteiger partial charge < -0.3 is 0 Å². The molecule has 0 saturated carbocycles. The van der Waals surface area contributed by atoms with Gasteiger partial charge in [0.1, 0.15) is 0 Å². The molecule has 0 bridgehead atoms. The molecule has 0 spiro atoms. The number of aromatic nitrogens is 2. The topological polar surface area (TPSA) is 44.0 Å². The number of fused-ring (bicyclic) bond motifs is 1. The fraction of sp³-hybridized carbons (Fsp3) is 0.0476. The van der Waals surface area contributed by atoms with Crippen LogP contribution in [0.1, 0.15) is 5.56 Å². The Kier molecular flexibility index (Phi) is 4.19. The van der Waals surface area contributed by atoms with Crippen LogP contribution in [0, 0.1) is 0 Å². The van der Waals surface area contributed by atoms with Crippen molar-refractivity contribution in [1.82, 2.24) is 9.13 Å². The van der Waals surface area contributed by atoms with E-state index in [4.69, 9.17) is 11.6 Å². The highest BCUT2D eigenvalue weighted by Gasteiger charge is 2.14. The highest BCUT2D eigenvalue weighted by molar-refractivity contribution is 6.30. The monoisotopic (exact) mass is 362 g/mol. The van der Waals surface area contributed by atoms with E-state index in [1.807, 2.05) is 24.3 Å². The molecule has 0 aliphatic carbocycles. The summed E-state index contributed by atoms with van der Waals surface area (Å²) in [6.07, 6.45) is 0. The Morgan fingerprint density at radius 1 is 0.769 bits per heavy atom. The number of benzene rings is 3. The fourth-order valence-corrected chi connectivity index (χ4v) is 3.18. The van der Waals surface area contributed by atoms with E-state index >= 15 is 0 Å². The van der Waals surface area contributed by atoms with Gasteiger partial charge in [0.25, 0.3) is 5.56 Å². The minimum absolute atomic E-state index is 0.316. The number of nitrogens with zero attached hydrogens (tertiary/aromatic N) is 2. The van der Waals surface area contributed by atoms with Gasteiger partial charge in [-0.1, -0.05) is 54.1 Å². The Labute approximate surface area is 154 Å². The number of hydrogen-bond donors (Lipinski definition) is 0. The molecule has 0 saturated heterocycles. The van der Waals surface area contributed by atoms with E-state index in [2.05, 4.69) is 0 Å². The third kappa shape index (κ3) is 2.85. The van der Waals surface area contributed by atoms with Gasteiger partial charge in [-0.05, 0) is 42.0 Å². The average molecular weight is 363 g/mol. The number of rotatable bonds is 3. The molecule has 0 fully saturated rings. The van der Waals surface area contributed by atoms with Crippen molar-refractivity contribution in [2.75, 3.05) is 0 Å². The molecule has 1 heterocycles.